The van der Waals surface area contributed by atoms with Crippen molar-refractivity contribution >= 4 is 9.24 Å². The molecule has 0 aliphatic carbocycles. The second-order valence-corrected chi connectivity index (χ2v) is 5.09. The van der Waals surface area contributed by atoms with E-state index in [1.165, 1.54) is 44.7 Å². The number of hydrogen-bond donors (Lipinski definition) is 0. The fourth-order valence-electron chi connectivity index (χ4n) is 1.73. The molecule has 0 saturated carbocycles. The van der Waals surface area contributed by atoms with Crippen LogP contribution in [0, 0.1) is 5.41 Å². The molecule has 74 valence electrons. The second-order valence-electron chi connectivity index (χ2n) is 4.51. The summed E-state index contributed by atoms with van der Waals surface area (Å²) in [4.78, 5) is 0. The maximum atomic E-state index is 2.80. The highest BCUT2D eigenvalue weighted by Crippen LogP contribution is 2.28. The Balaban J connectivity index is 3.33. The minimum Gasteiger partial charge on any atom is -0.138 e. The maximum Gasteiger partial charge on any atom is -0.0354 e. The molecule has 0 spiro atoms. The number of hydrogen-bond acceptors (Lipinski definition) is 0. The van der Waals surface area contributed by atoms with Crippen molar-refractivity contribution in [3.8, 4) is 0 Å². The van der Waals surface area contributed by atoms with Gasteiger partial charge in [0.2, 0.25) is 0 Å². The largest absolute Gasteiger partial charge is 0.138 e. The summed E-state index contributed by atoms with van der Waals surface area (Å²) in [6, 6.07) is 0. The quantitative estimate of drug-likeness (QED) is 0.414. The van der Waals surface area contributed by atoms with Crippen molar-refractivity contribution in [2.45, 2.75) is 59.3 Å². The van der Waals surface area contributed by atoms with Gasteiger partial charge in [-0.1, -0.05) is 40.0 Å². The van der Waals surface area contributed by atoms with Gasteiger partial charge < -0.3 is 0 Å². The van der Waals surface area contributed by atoms with Crippen molar-refractivity contribution in [2.75, 3.05) is 6.16 Å². The van der Waals surface area contributed by atoms with E-state index in [2.05, 4.69) is 30.0 Å². The fraction of sp³-hybridized carbons (Fsp3) is 1.00. The van der Waals surface area contributed by atoms with Gasteiger partial charge in [0.25, 0.3) is 0 Å². The molecule has 0 aliphatic heterocycles. The van der Waals surface area contributed by atoms with Crippen LogP contribution in [0.4, 0.5) is 0 Å². The summed E-state index contributed by atoms with van der Waals surface area (Å²) in [5, 5.41) is 0. The molecule has 0 radical (unpaired) electrons. The van der Waals surface area contributed by atoms with Crippen molar-refractivity contribution in [1.29, 1.82) is 0 Å². The van der Waals surface area contributed by atoms with E-state index >= 15 is 0 Å². The zero-order valence-corrected chi connectivity index (χ0v) is 10.2. The first-order valence-corrected chi connectivity index (χ1v) is 6.14. The highest BCUT2D eigenvalue weighted by Gasteiger charge is 2.15. The van der Waals surface area contributed by atoms with Crippen LogP contribution in [0.3, 0.4) is 0 Å². The van der Waals surface area contributed by atoms with Crippen molar-refractivity contribution in [1.82, 2.24) is 0 Å². The van der Waals surface area contributed by atoms with Crippen molar-refractivity contribution in [3.05, 3.63) is 0 Å². The van der Waals surface area contributed by atoms with Crippen LogP contribution in [0.15, 0.2) is 0 Å². The summed E-state index contributed by atoms with van der Waals surface area (Å²) >= 11 is 0. The Labute approximate surface area is 80.7 Å². The summed E-state index contributed by atoms with van der Waals surface area (Å²) in [7, 11) is 2.80. The molecule has 0 nitrogen and oxygen atoms in total. The average Bonchev–Trinajstić information content (AvgIpc) is 1.98. The van der Waals surface area contributed by atoms with Crippen LogP contribution < -0.4 is 0 Å². The van der Waals surface area contributed by atoms with Gasteiger partial charge in [0.1, 0.15) is 0 Å². The first-order valence-electron chi connectivity index (χ1n) is 5.32. The van der Waals surface area contributed by atoms with E-state index in [1.54, 1.807) is 0 Å². The van der Waals surface area contributed by atoms with Gasteiger partial charge in [-0.2, -0.15) is 0 Å². The summed E-state index contributed by atoms with van der Waals surface area (Å²) < 4.78 is 0. The van der Waals surface area contributed by atoms with Gasteiger partial charge in [-0.25, -0.2) is 0 Å². The average molecular weight is 188 g/mol. The van der Waals surface area contributed by atoms with Crippen molar-refractivity contribution < 1.29 is 0 Å². The Morgan fingerprint density at radius 3 is 2.17 bits per heavy atom. The van der Waals surface area contributed by atoms with Crippen LogP contribution in [0.5, 0.6) is 0 Å². The highest BCUT2D eigenvalue weighted by atomic mass is 31.0. The molecular weight excluding hydrogens is 163 g/mol. The molecular formula is C11H25P. The fourth-order valence-corrected chi connectivity index (χ4v) is 2.02. The van der Waals surface area contributed by atoms with Gasteiger partial charge in [-0.05, 0) is 30.8 Å². The highest BCUT2D eigenvalue weighted by molar-refractivity contribution is 7.16. The molecule has 0 heterocycles. The lowest BCUT2D eigenvalue weighted by Gasteiger charge is -2.23. The lowest BCUT2D eigenvalue weighted by atomic mass is 9.83. The molecule has 1 unspecified atom stereocenters. The molecule has 0 amide bonds. The zero-order chi connectivity index (χ0) is 9.45. The Hall–Kier alpha value is 0.430. The third-order valence-electron chi connectivity index (χ3n) is 2.48. The van der Waals surface area contributed by atoms with Crippen LogP contribution in [-0.2, 0) is 0 Å². The van der Waals surface area contributed by atoms with Crippen LogP contribution in [0.1, 0.15) is 59.3 Å². The van der Waals surface area contributed by atoms with Gasteiger partial charge in [-0.3, -0.25) is 0 Å². The first-order chi connectivity index (χ1) is 5.62. The normalized spacial score (nSPS) is 12.0. The topological polar surface area (TPSA) is 0 Å². The van der Waals surface area contributed by atoms with E-state index in [1.807, 2.05) is 0 Å². The van der Waals surface area contributed by atoms with Gasteiger partial charge >= 0.3 is 0 Å². The molecule has 0 aliphatic rings. The molecule has 0 fully saturated rings. The van der Waals surface area contributed by atoms with Crippen LogP contribution in [0.2, 0.25) is 0 Å². The standard InChI is InChI=1S/C11H25P/c1-4-8-11(2,3)9-6-5-7-10-12/h4-10,12H2,1-3H3. The summed E-state index contributed by atoms with van der Waals surface area (Å²) in [6.07, 6.45) is 9.61. The molecule has 0 N–H and O–H groups in total. The third-order valence-corrected chi connectivity index (χ3v) is 2.89. The van der Waals surface area contributed by atoms with Crippen molar-refractivity contribution in [3.63, 3.8) is 0 Å². The molecule has 0 aromatic heterocycles. The molecule has 12 heavy (non-hydrogen) atoms. The third kappa shape index (κ3) is 7.10. The van der Waals surface area contributed by atoms with Gasteiger partial charge in [-0.15, -0.1) is 9.24 Å². The molecule has 0 aromatic rings. The molecule has 0 rings (SSSR count). The summed E-state index contributed by atoms with van der Waals surface area (Å²) in [5.41, 5.74) is 0.593. The predicted molar refractivity (Wildman–Crippen MR) is 61.7 cm³/mol. The Bertz CT molecular complexity index is 97.2. The van der Waals surface area contributed by atoms with E-state index < -0.39 is 0 Å². The van der Waals surface area contributed by atoms with Crippen LogP contribution >= 0.6 is 9.24 Å². The van der Waals surface area contributed by atoms with Gasteiger partial charge in [0.15, 0.2) is 0 Å². The smallest absolute Gasteiger partial charge is 0.0354 e. The number of unbranched alkanes of at least 4 members (excludes halogenated alkanes) is 2. The van der Waals surface area contributed by atoms with E-state index in [9.17, 15) is 0 Å². The SMILES string of the molecule is CCCC(C)(C)CCCCCP. The Morgan fingerprint density at radius 2 is 1.67 bits per heavy atom. The number of rotatable bonds is 7. The Morgan fingerprint density at radius 1 is 1.00 bits per heavy atom. The van der Waals surface area contributed by atoms with E-state index in [0.29, 0.717) is 5.41 Å². The van der Waals surface area contributed by atoms with E-state index in [-0.39, 0.29) is 0 Å². The molecule has 1 atom stereocenters. The molecule has 1 heteroatoms. The first kappa shape index (κ1) is 12.4. The monoisotopic (exact) mass is 188 g/mol. The zero-order valence-electron chi connectivity index (χ0n) is 9.03. The van der Waals surface area contributed by atoms with Gasteiger partial charge in [0.05, 0.1) is 0 Å². The molecule has 0 saturated heterocycles. The minimum absolute atomic E-state index is 0.593. The predicted octanol–water partition coefficient (Wildman–Crippen LogP) is 4.25. The lowest BCUT2D eigenvalue weighted by Crippen LogP contribution is -2.10. The molecule has 0 bridgehead atoms. The maximum absolute atomic E-state index is 2.80. The lowest BCUT2D eigenvalue weighted by molar-refractivity contribution is 0.292. The summed E-state index contributed by atoms with van der Waals surface area (Å²) in [6.45, 7) is 7.08. The van der Waals surface area contributed by atoms with Crippen LogP contribution in [-0.4, -0.2) is 6.16 Å². The second kappa shape index (κ2) is 6.89. The minimum atomic E-state index is 0.593. The van der Waals surface area contributed by atoms with Crippen LogP contribution in [0.25, 0.3) is 0 Å². The summed E-state index contributed by atoms with van der Waals surface area (Å²) in [5.74, 6) is 0. The Kier molecular flexibility index (Phi) is 7.14. The van der Waals surface area contributed by atoms with Gasteiger partial charge in [0, 0.05) is 0 Å². The van der Waals surface area contributed by atoms with E-state index in [0.717, 1.165) is 0 Å². The molecule has 0 aromatic carbocycles. The van der Waals surface area contributed by atoms with Crippen molar-refractivity contribution in [2.24, 2.45) is 5.41 Å². The van der Waals surface area contributed by atoms with E-state index in [4.69, 9.17) is 0 Å².